The van der Waals surface area contributed by atoms with Gasteiger partial charge in [0, 0.05) is 0 Å². The number of carbonyl (C=O) groups is 1. The van der Waals surface area contributed by atoms with Crippen LogP contribution in [0.15, 0.2) is 29.2 Å². The summed E-state index contributed by atoms with van der Waals surface area (Å²) >= 11 is 0. The molecular weight excluding hydrogens is 270 g/mol. The summed E-state index contributed by atoms with van der Waals surface area (Å²) in [5.74, 6) is -1.11. The molecule has 1 fully saturated rings. The van der Waals surface area contributed by atoms with E-state index in [2.05, 4.69) is 0 Å². The van der Waals surface area contributed by atoms with Crippen LogP contribution < -0.4 is 10.8 Å². The third kappa shape index (κ3) is 4.30. The van der Waals surface area contributed by atoms with Crippen LogP contribution in [0, 0.1) is 6.92 Å². The van der Waals surface area contributed by atoms with Gasteiger partial charge in [0.25, 0.3) is 0 Å². The zero-order chi connectivity index (χ0) is 14.7. The second kappa shape index (κ2) is 5.68. The Bertz CT molecular complexity index is 546. The highest BCUT2D eigenvalue weighted by Gasteiger charge is 2.33. The molecule has 0 amide bonds. The van der Waals surface area contributed by atoms with Gasteiger partial charge in [-0.25, -0.2) is 8.42 Å². The number of carbonyl (C=O) groups excluding carboxylic acids is 1. The maximum Gasteiger partial charge on any atom is 0.124 e. The van der Waals surface area contributed by atoms with Crippen LogP contribution in [-0.2, 0) is 14.9 Å². The van der Waals surface area contributed by atoms with Gasteiger partial charge in [-0.2, -0.15) is 0 Å². The third-order valence-corrected chi connectivity index (χ3v) is 3.81. The van der Waals surface area contributed by atoms with Crippen LogP contribution in [0.3, 0.4) is 0 Å². The average Bonchev–Trinajstić information content (AvgIpc) is 2.26. The Morgan fingerprint density at radius 3 is 1.95 bits per heavy atom. The SMILES string of the molecule is Cc1ccc(S(=O)(=O)[O-])cc1.NC1(C(=O)[O-])CCC1. The Labute approximate surface area is 112 Å². The summed E-state index contributed by atoms with van der Waals surface area (Å²) in [6.07, 6.45) is 2.08. The first-order valence-electron chi connectivity index (χ1n) is 5.68. The van der Waals surface area contributed by atoms with Gasteiger partial charge >= 0.3 is 0 Å². The standard InChI is InChI=1S/C7H8O3S.C5H9NO2/c1-6-2-4-7(5-3-6)11(8,9)10;6-5(4(7)8)2-1-3-5/h2-5H,1H3,(H,8,9,10);1-3,6H2,(H,7,8)/p-2. The number of aryl methyl sites for hydroxylation is 1. The number of aliphatic carboxylic acids is 1. The monoisotopic (exact) mass is 285 g/mol. The van der Waals surface area contributed by atoms with Crippen molar-refractivity contribution in [1.29, 1.82) is 0 Å². The Hall–Kier alpha value is -1.44. The van der Waals surface area contributed by atoms with Crippen LogP contribution in [0.4, 0.5) is 0 Å². The largest absolute Gasteiger partial charge is 0.744 e. The Balaban J connectivity index is 0.000000200. The molecule has 0 atom stereocenters. The number of carboxylic acids is 1. The fourth-order valence-corrected chi connectivity index (χ4v) is 1.94. The van der Waals surface area contributed by atoms with Crippen molar-refractivity contribution in [1.82, 2.24) is 0 Å². The molecule has 0 saturated heterocycles. The fourth-order valence-electron chi connectivity index (χ4n) is 1.47. The van der Waals surface area contributed by atoms with E-state index in [0.717, 1.165) is 12.0 Å². The lowest BCUT2D eigenvalue weighted by Gasteiger charge is -2.38. The second-order valence-corrected chi connectivity index (χ2v) is 5.94. The van der Waals surface area contributed by atoms with Crippen molar-refractivity contribution in [2.75, 3.05) is 0 Å². The number of nitrogens with two attached hydrogens (primary N) is 1. The molecule has 1 aliphatic rings. The fraction of sp³-hybridized carbons (Fsp3) is 0.417. The minimum Gasteiger partial charge on any atom is -0.744 e. The number of hydrogen-bond acceptors (Lipinski definition) is 6. The van der Waals surface area contributed by atoms with E-state index in [-0.39, 0.29) is 4.90 Å². The lowest BCUT2D eigenvalue weighted by atomic mass is 9.78. The summed E-state index contributed by atoms with van der Waals surface area (Å²) < 4.78 is 31.2. The van der Waals surface area contributed by atoms with Gasteiger partial charge in [0.05, 0.1) is 16.4 Å². The molecule has 0 spiro atoms. The maximum absolute atomic E-state index is 10.4. The summed E-state index contributed by atoms with van der Waals surface area (Å²) in [7, 11) is -4.27. The predicted molar refractivity (Wildman–Crippen MR) is 64.9 cm³/mol. The first kappa shape index (κ1) is 15.6. The molecule has 2 rings (SSSR count). The molecule has 106 valence electrons. The molecular formula is C12H15NO5S-2. The van der Waals surface area contributed by atoms with Crippen molar-refractivity contribution in [2.45, 2.75) is 36.6 Å². The van der Waals surface area contributed by atoms with Gasteiger partial charge in [-0.1, -0.05) is 17.7 Å². The molecule has 0 heterocycles. The van der Waals surface area contributed by atoms with Crippen molar-refractivity contribution in [3.8, 4) is 0 Å². The number of carboxylic acid groups (broad SMARTS) is 1. The molecule has 0 bridgehead atoms. The summed E-state index contributed by atoms with van der Waals surface area (Å²) in [6.45, 7) is 1.82. The molecule has 1 aromatic carbocycles. The molecule has 1 saturated carbocycles. The van der Waals surface area contributed by atoms with E-state index in [4.69, 9.17) is 5.73 Å². The van der Waals surface area contributed by atoms with Crippen molar-refractivity contribution in [3.63, 3.8) is 0 Å². The van der Waals surface area contributed by atoms with E-state index in [1.165, 1.54) is 12.1 Å². The molecule has 0 radical (unpaired) electrons. The molecule has 0 aliphatic heterocycles. The van der Waals surface area contributed by atoms with Gasteiger partial charge in [-0.05, 0) is 38.3 Å². The number of rotatable bonds is 2. The van der Waals surface area contributed by atoms with Crippen molar-refractivity contribution < 1.29 is 22.9 Å². The second-order valence-electron chi connectivity index (χ2n) is 4.56. The first-order chi connectivity index (χ1) is 8.65. The zero-order valence-electron chi connectivity index (χ0n) is 10.5. The third-order valence-electron chi connectivity index (χ3n) is 2.96. The Morgan fingerprint density at radius 1 is 1.26 bits per heavy atom. The maximum atomic E-state index is 10.4. The van der Waals surface area contributed by atoms with Crippen LogP contribution >= 0.6 is 0 Å². The van der Waals surface area contributed by atoms with Gasteiger partial charge in [-0.3, -0.25) is 0 Å². The number of hydrogen-bond donors (Lipinski definition) is 1. The topological polar surface area (TPSA) is 123 Å². The average molecular weight is 285 g/mol. The molecule has 2 N–H and O–H groups in total. The van der Waals surface area contributed by atoms with Crippen molar-refractivity contribution in [2.24, 2.45) is 5.73 Å². The van der Waals surface area contributed by atoms with E-state index < -0.39 is 21.6 Å². The first-order valence-corrected chi connectivity index (χ1v) is 7.09. The van der Waals surface area contributed by atoms with E-state index in [0.29, 0.717) is 12.8 Å². The molecule has 19 heavy (non-hydrogen) atoms. The van der Waals surface area contributed by atoms with Gasteiger partial charge in [0.15, 0.2) is 0 Å². The van der Waals surface area contributed by atoms with Gasteiger partial charge in [0.2, 0.25) is 0 Å². The van der Waals surface area contributed by atoms with Crippen molar-refractivity contribution in [3.05, 3.63) is 29.8 Å². The van der Waals surface area contributed by atoms with Crippen LogP contribution in [0.2, 0.25) is 0 Å². The van der Waals surface area contributed by atoms with Gasteiger partial charge in [0.1, 0.15) is 10.1 Å². The highest BCUT2D eigenvalue weighted by Crippen LogP contribution is 2.27. The molecule has 7 heteroatoms. The van der Waals surface area contributed by atoms with Crippen LogP contribution in [0.5, 0.6) is 0 Å². The van der Waals surface area contributed by atoms with Gasteiger partial charge < -0.3 is 20.2 Å². The zero-order valence-corrected chi connectivity index (χ0v) is 11.3. The van der Waals surface area contributed by atoms with Crippen LogP contribution in [0.25, 0.3) is 0 Å². The summed E-state index contributed by atoms with van der Waals surface area (Å²) in [6, 6.07) is 5.78. The molecule has 0 aromatic heterocycles. The van der Waals surface area contributed by atoms with E-state index in [9.17, 15) is 22.9 Å². The lowest BCUT2D eigenvalue weighted by Crippen LogP contribution is -2.59. The van der Waals surface area contributed by atoms with E-state index in [1.807, 2.05) is 6.92 Å². The predicted octanol–water partition coefficient (Wildman–Crippen LogP) is -0.483. The smallest absolute Gasteiger partial charge is 0.124 e. The van der Waals surface area contributed by atoms with Crippen molar-refractivity contribution >= 4 is 16.1 Å². The van der Waals surface area contributed by atoms with Crippen LogP contribution in [0.1, 0.15) is 24.8 Å². The minimum absolute atomic E-state index is 0.178. The Morgan fingerprint density at radius 2 is 1.74 bits per heavy atom. The summed E-state index contributed by atoms with van der Waals surface area (Å²) in [5.41, 5.74) is 5.24. The highest BCUT2D eigenvalue weighted by atomic mass is 32.2. The number of benzene rings is 1. The van der Waals surface area contributed by atoms with Crippen LogP contribution in [-0.4, -0.2) is 24.5 Å². The lowest BCUT2D eigenvalue weighted by molar-refractivity contribution is -0.316. The van der Waals surface area contributed by atoms with E-state index in [1.54, 1.807) is 12.1 Å². The van der Waals surface area contributed by atoms with E-state index >= 15 is 0 Å². The normalized spacial score (nSPS) is 16.8. The highest BCUT2D eigenvalue weighted by molar-refractivity contribution is 7.85. The minimum atomic E-state index is -4.27. The van der Waals surface area contributed by atoms with Gasteiger partial charge in [-0.15, -0.1) is 0 Å². The Kier molecular flexibility index (Phi) is 4.67. The molecule has 1 aliphatic carbocycles. The quantitative estimate of drug-likeness (QED) is 0.732. The molecule has 1 aromatic rings. The summed E-state index contributed by atoms with van der Waals surface area (Å²) in [5, 5.41) is 10.1. The summed E-state index contributed by atoms with van der Waals surface area (Å²) in [4.78, 5) is 9.89. The molecule has 6 nitrogen and oxygen atoms in total. The molecule has 0 unspecified atom stereocenters.